The first-order valence-corrected chi connectivity index (χ1v) is 16.6. The molecule has 0 radical (unpaired) electrons. The predicted octanol–water partition coefficient (Wildman–Crippen LogP) is 5.87. The summed E-state index contributed by atoms with van der Waals surface area (Å²) in [5.74, 6) is -1.09. The van der Waals surface area contributed by atoms with Gasteiger partial charge in [-0.25, -0.2) is 8.42 Å². The van der Waals surface area contributed by atoms with E-state index in [0.29, 0.717) is 43.1 Å². The first kappa shape index (κ1) is 32.5. The average Bonchev–Trinajstić information content (AvgIpc) is 3.38. The van der Waals surface area contributed by atoms with Crippen LogP contribution in [0.15, 0.2) is 40.6 Å². The molecule has 8 nitrogen and oxygen atoms in total. The van der Waals surface area contributed by atoms with Gasteiger partial charge in [0.1, 0.15) is 10.3 Å². The zero-order valence-corrected chi connectivity index (χ0v) is 26.2. The Labute approximate surface area is 247 Å². The fourth-order valence-electron chi connectivity index (χ4n) is 5.26. The van der Waals surface area contributed by atoms with Crippen LogP contribution < -0.4 is 5.32 Å². The fraction of sp³-hybridized carbons (Fsp3) is 0.586. The van der Waals surface area contributed by atoms with Crippen LogP contribution in [-0.2, 0) is 21.4 Å². The van der Waals surface area contributed by atoms with Crippen LogP contribution in [-0.4, -0.2) is 66.3 Å². The number of hydrogen-bond donors (Lipinski definition) is 2. The van der Waals surface area contributed by atoms with Gasteiger partial charge in [0.2, 0.25) is 0 Å². The fourth-order valence-corrected chi connectivity index (χ4v) is 8.30. The SMILES string of the molecule is CCCCCCN(C1CCN(S(=O)(=O)c2ccc(CNC(=O)c3ccc(Cl)cc3)s2)CC1)C(C(=O)O)C(C)(C)C. The summed E-state index contributed by atoms with van der Waals surface area (Å²) in [5.41, 5.74) is 0.0311. The molecule has 3 rings (SSSR count). The molecule has 40 heavy (non-hydrogen) atoms. The van der Waals surface area contributed by atoms with E-state index >= 15 is 0 Å². The molecule has 222 valence electrons. The van der Waals surface area contributed by atoms with Crippen LogP contribution in [0.25, 0.3) is 0 Å². The molecule has 1 aliphatic rings. The van der Waals surface area contributed by atoms with Crippen molar-refractivity contribution < 1.29 is 23.1 Å². The minimum Gasteiger partial charge on any atom is -0.480 e. The van der Waals surface area contributed by atoms with Gasteiger partial charge < -0.3 is 10.4 Å². The highest BCUT2D eigenvalue weighted by Gasteiger charge is 2.41. The summed E-state index contributed by atoms with van der Waals surface area (Å²) in [6, 6.07) is 9.26. The maximum atomic E-state index is 13.4. The second-order valence-corrected chi connectivity index (χ2v) is 15.2. The van der Waals surface area contributed by atoms with Gasteiger partial charge >= 0.3 is 5.97 Å². The molecule has 2 aromatic rings. The van der Waals surface area contributed by atoms with Crippen molar-refractivity contribution in [3.8, 4) is 0 Å². The maximum absolute atomic E-state index is 13.4. The summed E-state index contributed by atoms with van der Waals surface area (Å²) in [7, 11) is -3.69. The van der Waals surface area contributed by atoms with Crippen molar-refractivity contribution >= 4 is 44.8 Å². The van der Waals surface area contributed by atoms with E-state index in [1.54, 1.807) is 36.4 Å². The molecule has 0 bridgehead atoms. The summed E-state index contributed by atoms with van der Waals surface area (Å²) in [6.45, 7) is 9.62. The lowest BCUT2D eigenvalue weighted by atomic mass is 9.83. The highest BCUT2D eigenvalue weighted by Crippen LogP contribution is 2.32. The number of nitrogens with zero attached hydrogens (tertiary/aromatic N) is 2. The Bertz CT molecular complexity index is 1230. The van der Waals surface area contributed by atoms with Crippen molar-refractivity contribution in [1.29, 1.82) is 0 Å². The second kappa shape index (κ2) is 14.3. The maximum Gasteiger partial charge on any atom is 0.321 e. The Morgan fingerprint density at radius 1 is 1.10 bits per heavy atom. The highest BCUT2D eigenvalue weighted by molar-refractivity contribution is 7.91. The van der Waals surface area contributed by atoms with E-state index < -0.39 is 27.4 Å². The lowest BCUT2D eigenvalue weighted by molar-refractivity contribution is -0.149. The summed E-state index contributed by atoms with van der Waals surface area (Å²) in [4.78, 5) is 27.6. The van der Waals surface area contributed by atoms with Gasteiger partial charge in [-0.05, 0) is 67.6 Å². The number of aliphatic carboxylic acids is 1. The van der Waals surface area contributed by atoms with Crippen molar-refractivity contribution in [2.45, 2.75) is 89.1 Å². The number of amides is 1. The molecule has 2 N–H and O–H groups in total. The van der Waals surface area contributed by atoms with Gasteiger partial charge in [-0.3, -0.25) is 14.5 Å². The molecule has 1 aromatic heterocycles. The van der Waals surface area contributed by atoms with Gasteiger partial charge in [-0.15, -0.1) is 11.3 Å². The van der Waals surface area contributed by atoms with E-state index in [1.165, 1.54) is 4.31 Å². The zero-order chi connectivity index (χ0) is 29.5. The average molecular weight is 612 g/mol. The third-order valence-electron chi connectivity index (χ3n) is 7.31. The number of carbonyl (C=O) groups excluding carboxylic acids is 1. The summed E-state index contributed by atoms with van der Waals surface area (Å²) >= 11 is 7.03. The van der Waals surface area contributed by atoms with Crippen LogP contribution in [0.3, 0.4) is 0 Å². The predicted molar refractivity (Wildman–Crippen MR) is 160 cm³/mol. The van der Waals surface area contributed by atoms with Gasteiger partial charge in [0, 0.05) is 34.6 Å². The monoisotopic (exact) mass is 611 g/mol. The number of carboxylic acids is 1. The molecule has 11 heteroatoms. The van der Waals surface area contributed by atoms with Crippen molar-refractivity contribution in [3.05, 3.63) is 51.9 Å². The van der Waals surface area contributed by atoms with Crippen molar-refractivity contribution in [1.82, 2.24) is 14.5 Å². The first-order chi connectivity index (χ1) is 18.8. The molecule has 1 fully saturated rings. The lowest BCUT2D eigenvalue weighted by Crippen LogP contribution is -2.56. The Kier molecular flexibility index (Phi) is 11.6. The Balaban J connectivity index is 1.64. The molecule has 0 saturated carbocycles. The minimum absolute atomic E-state index is 0.00961. The molecule has 0 spiro atoms. The molecule has 1 atom stereocenters. The topological polar surface area (TPSA) is 107 Å². The van der Waals surface area contributed by atoms with Crippen LogP contribution >= 0.6 is 22.9 Å². The van der Waals surface area contributed by atoms with E-state index in [9.17, 15) is 23.1 Å². The Morgan fingerprint density at radius 2 is 1.75 bits per heavy atom. The van der Waals surface area contributed by atoms with E-state index in [0.717, 1.165) is 41.9 Å². The molecular weight excluding hydrogens is 570 g/mol. The van der Waals surface area contributed by atoms with E-state index in [4.69, 9.17) is 11.6 Å². The molecule has 0 aliphatic carbocycles. The Hall–Kier alpha value is -1.98. The summed E-state index contributed by atoms with van der Waals surface area (Å²) < 4.78 is 28.6. The van der Waals surface area contributed by atoms with Crippen molar-refractivity contribution in [3.63, 3.8) is 0 Å². The third kappa shape index (κ3) is 8.52. The standard InChI is InChI=1S/C29H42ClN3O5S2/c1-5-6-7-8-17-33(26(28(35)36)29(2,3)4)23-15-18-32(19-16-23)40(37,38)25-14-13-24(39-25)20-31-27(34)21-9-11-22(30)12-10-21/h9-14,23,26H,5-8,15-20H2,1-4H3,(H,31,34)(H,35,36). The van der Waals surface area contributed by atoms with Crippen LogP contribution in [0.2, 0.25) is 5.02 Å². The van der Waals surface area contributed by atoms with E-state index in [2.05, 4.69) is 17.1 Å². The van der Waals surface area contributed by atoms with Crippen LogP contribution in [0.5, 0.6) is 0 Å². The number of rotatable bonds is 13. The minimum atomic E-state index is -3.69. The number of halogens is 1. The molecule has 2 heterocycles. The van der Waals surface area contributed by atoms with Crippen molar-refractivity contribution in [2.24, 2.45) is 5.41 Å². The normalized spacial score (nSPS) is 16.2. The number of hydrogen-bond acceptors (Lipinski definition) is 6. The van der Waals surface area contributed by atoms with Gasteiger partial charge in [-0.1, -0.05) is 58.6 Å². The number of unbranched alkanes of at least 4 members (excludes halogenated alkanes) is 3. The molecule has 1 amide bonds. The second-order valence-electron chi connectivity index (χ2n) is 11.5. The van der Waals surface area contributed by atoms with E-state index in [-0.39, 0.29) is 22.7 Å². The molecule has 1 aromatic carbocycles. The third-order valence-corrected chi connectivity index (χ3v) is 11.0. The molecule has 1 unspecified atom stereocenters. The largest absolute Gasteiger partial charge is 0.480 e. The number of sulfonamides is 1. The first-order valence-electron chi connectivity index (χ1n) is 14.0. The smallest absolute Gasteiger partial charge is 0.321 e. The van der Waals surface area contributed by atoms with Crippen LogP contribution in [0.1, 0.15) is 81.5 Å². The van der Waals surface area contributed by atoms with Crippen LogP contribution in [0.4, 0.5) is 0 Å². The highest BCUT2D eigenvalue weighted by atomic mass is 35.5. The zero-order valence-electron chi connectivity index (χ0n) is 23.9. The van der Waals surface area contributed by atoms with Crippen molar-refractivity contribution in [2.75, 3.05) is 19.6 Å². The molecule has 1 aliphatic heterocycles. The lowest BCUT2D eigenvalue weighted by Gasteiger charge is -2.44. The number of piperidine rings is 1. The number of carbonyl (C=O) groups is 2. The Morgan fingerprint density at radius 3 is 2.33 bits per heavy atom. The number of carboxylic acid groups (broad SMARTS) is 1. The quantitative estimate of drug-likeness (QED) is 0.275. The van der Waals surface area contributed by atoms with Gasteiger partial charge in [0.25, 0.3) is 15.9 Å². The molecule has 1 saturated heterocycles. The number of thiophene rings is 1. The van der Waals surface area contributed by atoms with Gasteiger partial charge in [0.05, 0.1) is 6.54 Å². The number of benzene rings is 1. The van der Waals surface area contributed by atoms with Crippen LogP contribution in [0, 0.1) is 5.41 Å². The van der Waals surface area contributed by atoms with Gasteiger partial charge in [0.15, 0.2) is 0 Å². The number of nitrogens with one attached hydrogen (secondary N) is 1. The van der Waals surface area contributed by atoms with E-state index in [1.807, 2.05) is 20.8 Å². The summed E-state index contributed by atoms with van der Waals surface area (Å²) in [6.07, 6.45) is 5.38. The summed E-state index contributed by atoms with van der Waals surface area (Å²) in [5, 5.41) is 13.5. The van der Waals surface area contributed by atoms with Gasteiger partial charge in [-0.2, -0.15) is 4.31 Å². The molecular formula is C29H42ClN3O5S2.